The van der Waals surface area contributed by atoms with Crippen molar-refractivity contribution in [2.24, 2.45) is 0 Å². The average molecular weight is 446 g/mol. The number of rotatable bonds is 5. The van der Waals surface area contributed by atoms with E-state index in [9.17, 15) is 0 Å². The molecule has 5 rings (SSSR count). The van der Waals surface area contributed by atoms with Crippen molar-refractivity contribution in [2.45, 2.75) is 19.9 Å². The molecule has 0 bridgehead atoms. The van der Waals surface area contributed by atoms with Crippen LogP contribution in [0, 0.1) is 6.92 Å². The summed E-state index contributed by atoms with van der Waals surface area (Å²) in [5, 5.41) is 8.19. The van der Waals surface area contributed by atoms with Gasteiger partial charge in [-0.15, -0.1) is 0 Å². The maximum atomic E-state index is 5.81. The van der Waals surface area contributed by atoms with Crippen LogP contribution in [0.15, 0.2) is 42.7 Å². The lowest BCUT2D eigenvalue weighted by molar-refractivity contribution is 0.0986. The summed E-state index contributed by atoms with van der Waals surface area (Å²) >= 11 is 0. The van der Waals surface area contributed by atoms with Gasteiger partial charge in [0.25, 0.3) is 0 Å². The Balaban J connectivity index is 1.86. The minimum Gasteiger partial charge on any atom is -0.493 e. The van der Waals surface area contributed by atoms with Crippen LogP contribution in [-0.2, 0) is 4.74 Å². The van der Waals surface area contributed by atoms with Crippen LogP contribution in [0.5, 0.6) is 11.5 Å². The van der Waals surface area contributed by atoms with Crippen LogP contribution >= 0.6 is 0 Å². The van der Waals surface area contributed by atoms with Crippen molar-refractivity contribution in [3.05, 3.63) is 48.3 Å². The van der Waals surface area contributed by atoms with E-state index in [1.165, 1.54) is 0 Å². The first-order chi connectivity index (χ1) is 16.1. The van der Waals surface area contributed by atoms with Gasteiger partial charge in [0, 0.05) is 29.9 Å². The largest absolute Gasteiger partial charge is 0.493 e. The number of aryl methyl sites for hydroxylation is 1. The van der Waals surface area contributed by atoms with Crippen LogP contribution in [-0.4, -0.2) is 60.2 Å². The molecule has 1 aliphatic heterocycles. The Kier molecular flexibility index (Phi) is 5.60. The number of pyridine rings is 2. The summed E-state index contributed by atoms with van der Waals surface area (Å²) in [6.45, 7) is 6.31. The molecule has 4 heterocycles. The molecule has 1 atom stereocenters. The molecule has 1 saturated heterocycles. The molecular weight excluding hydrogens is 418 g/mol. The van der Waals surface area contributed by atoms with E-state index >= 15 is 0 Å². The third-order valence-electron chi connectivity index (χ3n) is 6.12. The molecule has 170 valence electrons. The van der Waals surface area contributed by atoms with Gasteiger partial charge in [-0.25, -0.2) is 4.98 Å². The summed E-state index contributed by atoms with van der Waals surface area (Å²) in [5.74, 6) is 2.25. The predicted molar refractivity (Wildman–Crippen MR) is 128 cm³/mol. The molecule has 0 saturated carbocycles. The van der Waals surface area contributed by atoms with E-state index in [4.69, 9.17) is 24.2 Å². The summed E-state index contributed by atoms with van der Waals surface area (Å²) in [4.78, 5) is 12.2. The van der Waals surface area contributed by atoms with Crippen LogP contribution in [0.1, 0.15) is 12.5 Å². The van der Waals surface area contributed by atoms with Crippen LogP contribution in [0.4, 0.5) is 5.82 Å². The molecule has 0 amide bonds. The normalized spacial score (nSPS) is 16.2. The Morgan fingerprint density at radius 1 is 1.15 bits per heavy atom. The zero-order valence-electron chi connectivity index (χ0n) is 19.3. The molecule has 0 spiro atoms. The second kappa shape index (κ2) is 8.71. The first kappa shape index (κ1) is 21.2. The molecule has 3 aromatic heterocycles. The lowest BCUT2D eigenvalue weighted by Crippen LogP contribution is -2.44. The second-order valence-electron chi connectivity index (χ2n) is 8.17. The summed E-state index contributed by atoms with van der Waals surface area (Å²) in [5.41, 5.74) is 5.39. The molecule has 1 fully saturated rings. The van der Waals surface area contributed by atoms with Crippen molar-refractivity contribution in [3.63, 3.8) is 0 Å². The van der Waals surface area contributed by atoms with E-state index in [-0.39, 0.29) is 6.04 Å². The Hall–Kier alpha value is -3.65. The lowest BCUT2D eigenvalue weighted by atomic mass is 9.96. The summed E-state index contributed by atoms with van der Waals surface area (Å²) in [6, 6.07) is 10.2. The molecular formula is C25H27N5O3. The smallest absolute Gasteiger partial charge is 0.168 e. The van der Waals surface area contributed by atoms with Gasteiger partial charge in [0.15, 0.2) is 11.5 Å². The number of nitrogens with zero attached hydrogens (tertiary/aromatic N) is 4. The van der Waals surface area contributed by atoms with E-state index in [0.717, 1.165) is 51.3 Å². The topological polar surface area (TPSA) is 85.4 Å². The maximum absolute atomic E-state index is 5.81. The number of anilines is 1. The number of aromatic amines is 1. The number of ether oxygens (including phenoxy) is 3. The molecule has 0 radical (unpaired) electrons. The average Bonchev–Trinajstić information content (AvgIpc) is 3.38. The number of methoxy groups -OCH3 is 2. The van der Waals surface area contributed by atoms with Gasteiger partial charge < -0.3 is 19.1 Å². The van der Waals surface area contributed by atoms with Gasteiger partial charge >= 0.3 is 0 Å². The van der Waals surface area contributed by atoms with Crippen molar-refractivity contribution < 1.29 is 14.2 Å². The number of H-pyrrole nitrogens is 1. The molecule has 4 aromatic rings. The summed E-state index contributed by atoms with van der Waals surface area (Å²) in [6.07, 6.45) is 3.61. The number of nitrogens with one attached hydrogen (secondary N) is 1. The van der Waals surface area contributed by atoms with Crippen molar-refractivity contribution in [2.75, 3.05) is 38.9 Å². The molecule has 1 unspecified atom stereocenters. The van der Waals surface area contributed by atoms with Gasteiger partial charge in [-0.3, -0.25) is 10.1 Å². The van der Waals surface area contributed by atoms with Crippen molar-refractivity contribution in [3.8, 4) is 34.0 Å². The highest BCUT2D eigenvalue weighted by molar-refractivity contribution is 6.04. The second-order valence-corrected chi connectivity index (χ2v) is 8.17. The number of hydrogen-bond acceptors (Lipinski definition) is 7. The molecule has 8 heteroatoms. The van der Waals surface area contributed by atoms with Crippen molar-refractivity contribution in [1.82, 2.24) is 20.2 Å². The summed E-state index contributed by atoms with van der Waals surface area (Å²) < 4.78 is 17.1. The monoisotopic (exact) mass is 445 g/mol. The first-order valence-electron chi connectivity index (χ1n) is 11.0. The van der Waals surface area contributed by atoms with Crippen molar-refractivity contribution in [1.29, 1.82) is 0 Å². The fourth-order valence-electron chi connectivity index (χ4n) is 4.50. The number of para-hydroxylation sites is 1. The highest BCUT2D eigenvalue weighted by atomic mass is 16.5. The van der Waals surface area contributed by atoms with Crippen LogP contribution in [0.3, 0.4) is 0 Å². The lowest BCUT2D eigenvalue weighted by Gasteiger charge is -2.35. The Bertz CT molecular complexity index is 1290. The van der Waals surface area contributed by atoms with E-state index in [1.807, 2.05) is 24.4 Å². The number of benzene rings is 1. The van der Waals surface area contributed by atoms with E-state index in [1.54, 1.807) is 20.4 Å². The SMILES string of the molecule is COc1cccc(-c2cc(N3CCOCC3C)nc3c(-c4ccn[nH]4)ncc(C)c23)c1OC. The number of aromatic nitrogens is 4. The van der Waals surface area contributed by atoms with Gasteiger partial charge in [-0.1, -0.05) is 12.1 Å². The van der Waals surface area contributed by atoms with Gasteiger partial charge in [-0.05, 0) is 43.2 Å². The molecule has 1 N–H and O–H groups in total. The fraction of sp³-hybridized carbons (Fsp3) is 0.320. The van der Waals surface area contributed by atoms with Crippen LogP contribution in [0.25, 0.3) is 33.4 Å². The van der Waals surface area contributed by atoms with Gasteiger partial charge in [0.1, 0.15) is 17.0 Å². The maximum Gasteiger partial charge on any atom is 0.168 e. The van der Waals surface area contributed by atoms with Crippen molar-refractivity contribution >= 4 is 16.7 Å². The Labute approximate surface area is 192 Å². The number of morpholine rings is 1. The minimum atomic E-state index is 0.206. The number of hydrogen-bond donors (Lipinski definition) is 1. The zero-order chi connectivity index (χ0) is 22.9. The standard InChI is InChI=1S/C25H27N5O3/c1-15-13-26-23(19-8-9-27-29-19)24-22(15)18(17-6-5-7-20(31-3)25(17)32-4)12-21(28-24)30-10-11-33-14-16(30)2/h5-9,12-13,16H,10-11,14H2,1-4H3,(H,27,29). The van der Waals surface area contributed by atoms with E-state index in [0.29, 0.717) is 24.7 Å². The van der Waals surface area contributed by atoms with Crippen LogP contribution in [0.2, 0.25) is 0 Å². The third-order valence-corrected chi connectivity index (χ3v) is 6.12. The predicted octanol–water partition coefficient (Wildman–Crippen LogP) is 4.24. The van der Waals surface area contributed by atoms with Gasteiger partial charge in [0.05, 0.1) is 39.2 Å². The van der Waals surface area contributed by atoms with Gasteiger partial charge in [-0.2, -0.15) is 5.10 Å². The fourth-order valence-corrected chi connectivity index (χ4v) is 4.50. The Morgan fingerprint density at radius 3 is 2.76 bits per heavy atom. The number of fused-ring (bicyclic) bond motifs is 1. The van der Waals surface area contributed by atoms with E-state index in [2.05, 4.69) is 41.1 Å². The molecule has 0 aliphatic carbocycles. The van der Waals surface area contributed by atoms with Crippen LogP contribution < -0.4 is 14.4 Å². The zero-order valence-corrected chi connectivity index (χ0v) is 19.3. The minimum absolute atomic E-state index is 0.206. The molecule has 33 heavy (non-hydrogen) atoms. The third kappa shape index (κ3) is 3.66. The summed E-state index contributed by atoms with van der Waals surface area (Å²) in [7, 11) is 3.32. The van der Waals surface area contributed by atoms with E-state index < -0.39 is 0 Å². The molecule has 1 aliphatic rings. The van der Waals surface area contributed by atoms with Gasteiger partial charge in [0.2, 0.25) is 0 Å². The molecule has 1 aromatic carbocycles. The highest BCUT2D eigenvalue weighted by Gasteiger charge is 2.25. The molecule has 8 nitrogen and oxygen atoms in total. The Morgan fingerprint density at radius 2 is 2.03 bits per heavy atom. The highest BCUT2D eigenvalue weighted by Crippen LogP contribution is 2.43. The first-order valence-corrected chi connectivity index (χ1v) is 11.0. The quantitative estimate of drug-likeness (QED) is 0.492.